The fourth-order valence-electron chi connectivity index (χ4n) is 4.42. The molecule has 2 bridgehead atoms. The first-order chi connectivity index (χ1) is 6.74. The first-order valence-electron chi connectivity index (χ1n) is 6.10. The summed E-state index contributed by atoms with van der Waals surface area (Å²) < 4.78 is 0. The topological polar surface area (TPSA) is 20.2 Å². The Bertz CT molecular complexity index is 270. The van der Waals surface area contributed by atoms with Crippen LogP contribution in [0.15, 0.2) is 12.2 Å². The largest absolute Gasteiger partial charge is 0.392 e. The van der Waals surface area contributed by atoms with Crippen LogP contribution < -0.4 is 0 Å². The lowest BCUT2D eigenvalue weighted by atomic mass is 9.59. The molecule has 0 radical (unpaired) electrons. The first-order valence-corrected chi connectivity index (χ1v) is 6.10. The summed E-state index contributed by atoms with van der Waals surface area (Å²) in [5, 5.41) is 10.4. The summed E-state index contributed by atoms with van der Waals surface area (Å²) >= 11 is 0. The zero-order valence-electron chi connectivity index (χ0n) is 8.84. The van der Waals surface area contributed by atoms with Crippen LogP contribution in [0.25, 0.3) is 0 Å². The van der Waals surface area contributed by atoms with Crippen LogP contribution in [0.2, 0.25) is 0 Å². The Morgan fingerprint density at radius 2 is 2.07 bits per heavy atom. The van der Waals surface area contributed by atoms with Crippen molar-refractivity contribution in [2.45, 2.75) is 51.0 Å². The molecule has 3 aliphatic carbocycles. The van der Waals surface area contributed by atoms with Crippen LogP contribution in [0.3, 0.4) is 0 Å². The Balaban J connectivity index is 1.99. The van der Waals surface area contributed by atoms with Crippen molar-refractivity contribution in [1.29, 1.82) is 0 Å². The molecule has 78 valence electrons. The van der Waals surface area contributed by atoms with Crippen molar-refractivity contribution in [1.82, 2.24) is 0 Å². The minimum Gasteiger partial charge on any atom is -0.392 e. The molecule has 1 nitrogen and oxygen atoms in total. The van der Waals surface area contributed by atoms with Crippen molar-refractivity contribution in [3.8, 4) is 0 Å². The van der Waals surface area contributed by atoms with Gasteiger partial charge in [0.05, 0.1) is 6.10 Å². The molecule has 3 fully saturated rings. The van der Waals surface area contributed by atoms with Crippen LogP contribution in [0, 0.1) is 17.3 Å². The molecule has 3 saturated carbocycles. The van der Waals surface area contributed by atoms with E-state index in [1.54, 1.807) is 0 Å². The summed E-state index contributed by atoms with van der Waals surface area (Å²) in [5.74, 6) is 1.26. The molecular formula is C13H20O. The lowest BCUT2D eigenvalue weighted by Gasteiger charge is -2.47. The van der Waals surface area contributed by atoms with E-state index in [0.717, 1.165) is 12.3 Å². The van der Waals surface area contributed by atoms with E-state index in [9.17, 15) is 5.11 Å². The average molecular weight is 192 g/mol. The van der Waals surface area contributed by atoms with Gasteiger partial charge in [0.15, 0.2) is 0 Å². The van der Waals surface area contributed by atoms with E-state index in [-0.39, 0.29) is 11.5 Å². The van der Waals surface area contributed by atoms with Gasteiger partial charge in [-0.25, -0.2) is 0 Å². The third-order valence-corrected chi connectivity index (χ3v) is 5.13. The van der Waals surface area contributed by atoms with Gasteiger partial charge in [0, 0.05) is 11.3 Å². The summed E-state index contributed by atoms with van der Waals surface area (Å²) in [4.78, 5) is 0. The standard InChI is InChI=1S/C13H20O/c1-9-8-13-7-3-2-4-10(13)5-6-11(9)12(13)14/h10-12,14H,1-8H2. The molecule has 0 saturated heterocycles. The number of aliphatic hydroxyl groups excluding tert-OH is 1. The molecule has 0 aromatic heterocycles. The Kier molecular flexibility index (Phi) is 1.82. The minimum atomic E-state index is -0.0472. The zero-order chi connectivity index (χ0) is 9.76. The van der Waals surface area contributed by atoms with Crippen LogP contribution in [0.5, 0.6) is 0 Å². The Hall–Kier alpha value is -0.300. The highest BCUT2D eigenvalue weighted by Gasteiger charge is 2.56. The van der Waals surface area contributed by atoms with Gasteiger partial charge >= 0.3 is 0 Å². The number of fused-ring (bicyclic) bond motifs is 1. The van der Waals surface area contributed by atoms with Crippen LogP contribution in [0.4, 0.5) is 0 Å². The molecule has 4 atom stereocenters. The summed E-state index contributed by atoms with van der Waals surface area (Å²) in [7, 11) is 0. The second kappa shape index (κ2) is 2.85. The van der Waals surface area contributed by atoms with Crippen molar-refractivity contribution in [2.75, 3.05) is 0 Å². The number of aliphatic hydroxyl groups is 1. The monoisotopic (exact) mass is 192 g/mol. The molecule has 0 amide bonds. The Labute approximate surface area is 86.2 Å². The first kappa shape index (κ1) is 8.96. The third-order valence-electron chi connectivity index (χ3n) is 5.13. The van der Waals surface area contributed by atoms with Crippen molar-refractivity contribution in [3.05, 3.63) is 12.2 Å². The molecule has 1 heteroatoms. The number of rotatable bonds is 0. The number of hydrogen-bond donors (Lipinski definition) is 1. The van der Waals surface area contributed by atoms with E-state index in [0.29, 0.717) is 5.92 Å². The van der Waals surface area contributed by atoms with Crippen molar-refractivity contribution >= 4 is 0 Å². The second-order valence-corrected chi connectivity index (χ2v) is 5.64. The van der Waals surface area contributed by atoms with E-state index in [1.807, 2.05) is 0 Å². The Morgan fingerprint density at radius 3 is 2.93 bits per heavy atom. The van der Waals surface area contributed by atoms with Gasteiger partial charge in [-0.05, 0) is 38.0 Å². The molecule has 0 aliphatic heterocycles. The fourth-order valence-corrected chi connectivity index (χ4v) is 4.42. The molecule has 3 rings (SSSR count). The highest BCUT2D eigenvalue weighted by Crippen LogP contribution is 2.61. The van der Waals surface area contributed by atoms with Gasteiger partial charge in [-0.15, -0.1) is 0 Å². The van der Waals surface area contributed by atoms with Gasteiger partial charge in [0.2, 0.25) is 0 Å². The SMILES string of the molecule is C=C1CC23CCCCC2CCC1C3O. The predicted octanol–water partition coefficient (Wildman–Crippen LogP) is 2.89. The normalized spacial score (nSPS) is 51.8. The van der Waals surface area contributed by atoms with E-state index < -0.39 is 0 Å². The van der Waals surface area contributed by atoms with Crippen LogP contribution in [0.1, 0.15) is 44.9 Å². The maximum atomic E-state index is 10.4. The van der Waals surface area contributed by atoms with Gasteiger partial charge in [0.25, 0.3) is 0 Å². The zero-order valence-corrected chi connectivity index (χ0v) is 8.84. The molecule has 0 aromatic rings. The lowest BCUT2D eigenvalue weighted by molar-refractivity contribution is -0.0699. The van der Waals surface area contributed by atoms with Gasteiger partial charge in [0.1, 0.15) is 0 Å². The molecule has 1 spiro atoms. The van der Waals surface area contributed by atoms with E-state index in [1.165, 1.54) is 44.1 Å². The van der Waals surface area contributed by atoms with Crippen molar-refractivity contribution in [3.63, 3.8) is 0 Å². The van der Waals surface area contributed by atoms with Gasteiger partial charge < -0.3 is 5.11 Å². The van der Waals surface area contributed by atoms with E-state index in [2.05, 4.69) is 6.58 Å². The summed E-state index contributed by atoms with van der Waals surface area (Å²) in [6, 6.07) is 0. The van der Waals surface area contributed by atoms with Gasteiger partial charge in [-0.3, -0.25) is 0 Å². The van der Waals surface area contributed by atoms with Crippen LogP contribution >= 0.6 is 0 Å². The summed E-state index contributed by atoms with van der Waals surface area (Å²) in [6.07, 6.45) is 8.96. The van der Waals surface area contributed by atoms with Crippen LogP contribution in [-0.4, -0.2) is 11.2 Å². The Morgan fingerprint density at radius 1 is 1.21 bits per heavy atom. The molecule has 3 aliphatic rings. The van der Waals surface area contributed by atoms with Gasteiger partial charge in [-0.2, -0.15) is 0 Å². The molecule has 0 heterocycles. The van der Waals surface area contributed by atoms with Gasteiger partial charge in [-0.1, -0.05) is 25.0 Å². The quantitative estimate of drug-likeness (QED) is 0.585. The van der Waals surface area contributed by atoms with Crippen LogP contribution in [-0.2, 0) is 0 Å². The molecule has 0 aromatic carbocycles. The second-order valence-electron chi connectivity index (χ2n) is 5.64. The summed E-state index contributed by atoms with van der Waals surface area (Å²) in [6.45, 7) is 4.17. The summed E-state index contributed by atoms with van der Waals surface area (Å²) in [5.41, 5.74) is 1.63. The third kappa shape index (κ3) is 0.942. The van der Waals surface area contributed by atoms with E-state index >= 15 is 0 Å². The van der Waals surface area contributed by atoms with Crippen molar-refractivity contribution in [2.24, 2.45) is 17.3 Å². The molecular weight excluding hydrogens is 172 g/mol. The number of hydrogen-bond acceptors (Lipinski definition) is 1. The highest BCUT2D eigenvalue weighted by molar-refractivity contribution is 5.22. The predicted molar refractivity (Wildman–Crippen MR) is 56.9 cm³/mol. The fraction of sp³-hybridized carbons (Fsp3) is 0.846. The van der Waals surface area contributed by atoms with E-state index in [4.69, 9.17) is 0 Å². The van der Waals surface area contributed by atoms with Crippen molar-refractivity contribution < 1.29 is 5.11 Å². The molecule has 14 heavy (non-hydrogen) atoms. The maximum absolute atomic E-state index is 10.4. The molecule has 1 N–H and O–H groups in total. The minimum absolute atomic E-state index is 0.0472. The average Bonchev–Trinajstić information content (AvgIpc) is 2.36. The smallest absolute Gasteiger partial charge is 0.0667 e. The highest BCUT2D eigenvalue weighted by atomic mass is 16.3. The molecule has 4 unspecified atom stereocenters. The lowest BCUT2D eigenvalue weighted by Crippen LogP contribution is -2.45. The maximum Gasteiger partial charge on any atom is 0.0667 e.